The van der Waals surface area contributed by atoms with Gasteiger partial charge in [-0.1, -0.05) is 275 Å². The Kier molecular flexibility index (Phi) is 14.8. The van der Waals surface area contributed by atoms with E-state index >= 15 is 0 Å². The predicted molar refractivity (Wildman–Crippen MR) is 460 cm³/mol. The van der Waals surface area contributed by atoms with Crippen LogP contribution in [0, 0.1) is 0 Å². The summed E-state index contributed by atoms with van der Waals surface area (Å²) in [5.74, 6) is 1.25. The molecule has 0 bridgehead atoms. The fourth-order valence-electron chi connectivity index (χ4n) is 17.5. The molecule has 23 rings (SSSR count). The summed E-state index contributed by atoms with van der Waals surface area (Å²) < 4.78 is 15.2. The third kappa shape index (κ3) is 10.4. The van der Waals surface area contributed by atoms with Crippen LogP contribution in [0.4, 0.5) is 0 Å². The molecule has 7 heterocycles. The number of hydrogen-bond acceptors (Lipinski definition) is 8. The minimum Gasteiger partial charge on any atom is -0.456 e. The van der Waals surface area contributed by atoms with Gasteiger partial charge in [-0.3, -0.25) is 0 Å². The molecule has 0 saturated carbocycles. The van der Waals surface area contributed by atoms with Crippen LogP contribution in [0.25, 0.3) is 216 Å². The van der Waals surface area contributed by atoms with Crippen molar-refractivity contribution in [2.75, 3.05) is 0 Å². The van der Waals surface area contributed by atoms with Gasteiger partial charge in [-0.05, 0) is 119 Å². The lowest BCUT2D eigenvalue weighted by molar-refractivity contribution is 0.660. The summed E-state index contributed by atoms with van der Waals surface area (Å²) in [6, 6.07) is 125. The van der Waals surface area contributed by atoms with Gasteiger partial charge in [0.1, 0.15) is 22.3 Å². The van der Waals surface area contributed by atoms with E-state index in [-0.39, 0.29) is 5.41 Å². The summed E-state index contributed by atoms with van der Waals surface area (Å²) in [6.07, 6.45) is 0. The maximum Gasteiger partial charge on any atom is 0.162 e. The summed E-state index contributed by atoms with van der Waals surface area (Å²) in [5, 5.41) is 13.1. The van der Waals surface area contributed by atoms with E-state index in [1.54, 1.807) is 0 Å². The third-order valence-electron chi connectivity index (χ3n) is 22.7. The number of aromatic nitrogens is 7. The molecule has 0 amide bonds. The topological polar surface area (TPSA) is 109 Å². The number of hydrogen-bond donors (Lipinski definition) is 0. The van der Waals surface area contributed by atoms with Crippen molar-refractivity contribution in [3.8, 4) is 107 Å². The van der Waals surface area contributed by atoms with Crippen LogP contribution in [0.5, 0.6) is 0 Å². The molecular formula is C103H65N7O2. The first-order chi connectivity index (χ1) is 55.3. The number of rotatable bonds is 9. The molecule has 0 saturated heterocycles. The molecule has 1 aliphatic rings. The monoisotopic (exact) mass is 1430 g/mol. The van der Waals surface area contributed by atoms with Crippen molar-refractivity contribution < 1.29 is 8.83 Å². The Morgan fingerprint density at radius 2 is 0.643 bits per heavy atom. The van der Waals surface area contributed by atoms with Crippen LogP contribution in [0.15, 0.2) is 367 Å². The second-order valence-electron chi connectivity index (χ2n) is 29.5. The van der Waals surface area contributed by atoms with E-state index in [4.69, 9.17) is 38.7 Å². The minimum absolute atomic E-state index is 0.0733. The highest BCUT2D eigenvalue weighted by atomic mass is 16.3. The molecule has 0 aliphatic heterocycles. The summed E-state index contributed by atoms with van der Waals surface area (Å²) in [7, 11) is 0. The molecule has 112 heavy (non-hydrogen) atoms. The molecule has 22 aromatic rings. The molecule has 0 fully saturated rings. The van der Waals surface area contributed by atoms with E-state index < -0.39 is 0 Å². The zero-order valence-electron chi connectivity index (χ0n) is 61.0. The lowest BCUT2D eigenvalue weighted by atomic mass is 9.82. The van der Waals surface area contributed by atoms with E-state index in [0.29, 0.717) is 11.6 Å². The van der Waals surface area contributed by atoms with Crippen LogP contribution in [-0.2, 0) is 5.41 Å². The highest BCUT2D eigenvalue weighted by Crippen LogP contribution is 2.51. The zero-order chi connectivity index (χ0) is 74.1. The Balaban J connectivity index is 0.000000138. The first-order valence-corrected chi connectivity index (χ1v) is 38.0. The zero-order valence-corrected chi connectivity index (χ0v) is 61.0. The maximum absolute atomic E-state index is 6.44. The Morgan fingerprint density at radius 3 is 1.18 bits per heavy atom. The molecule has 7 aromatic heterocycles. The van der Waals surface area contributed by atoms with Gasteiger partial charge in [-0.25, -0.2) is 29.9 Å². The van der Waals surface area contributed by atoms with Gasteiger partial charge in [0.15, 0.2) is 11.6 Å². The van der Waals surface area contributed by atoms with Crippen LogP contribution < -0.4 is 0 Å². The van der Waals surface area contributed by atoms with E-state index in [9.17, 15) is 0 Å². The fraction of sp³-hybridized carbons (Fsp3) is 0.0291. The number of nitrogens with zero attached hydrogens (tertiary/aromatic N) is 7. The summed E-state index contributed by atoms with van der Waals surface area (Å²) in [6.45, 7) is 4.63. The average Bonchev–Trinajstić information content (AvgIpc) is 1.28. The highest BCUT2D eigenvalue weighted by Gasteiger charge is 2.36. The van der Waals surface area contributed by atoms with Crippen LogP contribution >= 0.6 is 0 Å². The Hall–Kier alpha value is -14.8. The molecule has 0 atom stereocenters. The van der Waals surface area contributed by atoms with Crippen molar-refractivity contribution in [1.82, 2.24) is 34.5 Å². The number of pyridine rings is 2. The Bertz CT molecular complexity index is 7580. The van der Waals surface area contributed by atoms with E-state index in [0.717, 1.165) is 183 Å². The quantitative estimate of drug-likeness (QED) is 0.132. The van der Waals surface area contributed by atoms with Crippen molar-refractivity contribution in [3.05, 3.63) is 369 Å². The standard InChI is InChI=1S/C53H32N4O.C50H33N3O/c1-4-15-33(16-5-1)43-32-44(35-27-29-46-42(31-35)37-21-10-12-25-45(37)57(46)36-19-8-3-9-20-36)55-53(54-43)41-24-14-23-39-49-40(51(56-52(39)41)34-17-6-2-7-18-34)28-30-48-50(49)38-22-11-13-26-47(38)58-48;1-50(2)39-22-11-9-18-33(39)38-28-32(24-26-40(38)50)42-29-41(30-14-5-3-6-15-30)51-49(52-42)37-21-13-20-35-45-36(47(53-48(35)37)31-16-7-4-8-17-31)25-27-44-46(45)34-19-10-12-23-43(34)54-44/h1-32H;3-29H,1-2H3. The first-order valence-electron chi connectivity index (χ1n) is 38.0. The molecule has 0 N–H and O–H groups in total. The van der Waals surface area contributed by atoms with Gasteiger partial charge in [-0.15, -0.1) is 0 Å². The van der Waals surface area contributed by atoms with Crippen molar-refractivity contribution in [2.24, 2.45) is 0 Å². The Labute approximate surface area is 643 Å². The molecule has 0 unspecified atom stereocenters. The Morgan fingerprint density at radius 1 is 0.241 bits per heavy atom. The molecule has 1 aliphatic carbocycles. The van der Waals surface area contributed by atoms with Crippen molar-refractivity contribution in [1.29, 1.82) is 0 Å². The summed E-state index contributed by atoms with van der Waals surface area (Å²) in [4.78, 5) is 32.4. The van der Waals surface area contributed by atoms with Crippen molar-refractivity contribution in [3.63, 3.8) is 0 Å². The van der Waals surface area contributed by atoms with Crippen LogP contribution in [0.1, 0.15) is 25.0 Å². The van der Waals surface area contributed by atoms with Crippen molar-refractivity contribution >= 4 is 109 Å². The molecule has 9 nitrogen and oxygen atoms in total. The lowest BCUT2D eigenvalue weighted by Gasteiger charge is -2.21. The largest absolute Gasteiger partial charge is 0.456 e. The summed E-state index contributed by atoms with van der Waals surface area (Å²) >= 11 is 0. The number of fused-ring (bicyclic) bond motifs is 20. The van der Waals surface area contributed by atoms with Gasteiger partial charge in [-0.2, -0.15) is 0 Å². The normalized spacial score (nSPS) is 12.4. The second-order valence-corrected chi connectivity index (χ2v) is 29.5. The van der Waals surface area contributed by atoms with Gasteiger partial charge < -0.3 is 13.4 Å². The fourth-order valence-corrected chi connectivity index (χ4v) is 17.5. The van der Waals surface area contributed by atoms with E-state index in [1.807, 2.05) is 48.5 Å². The number of para-hydroxylation sites is 6. The van der Waals surface area contributed by atoms with Crippen LogP contribution in [0.2, 0.25) is 0 Å². The van der Waals surface area contributed by atoms with Gasteiger partial charge in [0.2, 0.25) is 0 Å². The number of furan rings is 2. The maximum atomic E-state index is 6.44. The van der Waals surface area contributed by atoms with Gasteiger partial charge >= 0.3 is 0 Å². The molecule has 15 aromatic carbocycles. The molecule has 9 heteroatoms. The summed E-state index contributed by atoms with van der Waals surface area (Å²) in [5.41, 5.74) is 26.9. The van der Waals surface area contributed by atoms with E-state index in [1.165, 1.54) is 33.0 Å². The van der Waals surface area contributed by atoms with E-state index in [2.05, 4.69) is 328 Å². The highest BCUT2D eigenvalue weighted by molar-refractivity contribution is 6.31. The molecular weight excluding hydrogens is 1370 g/mol. The lowest BCUT2D eigenvalue weighted by Crippen LogP contribution is -2.14. The molecule has 0 spiro atoms. The van der Waals surface area contributed by atoms with Crippen LogP contribution in [0.3, 0.4) is 0 Å². The van der Waals surface area contributed by atoms with Gasteiger partial charge in [0.05, 0.1) is 56.2 Å². The minimum atomic E-state index is -0.0733. The van der Waals surface area contributed by atoms with Gasteiger partial charge in [0.25, 0.3) is 0 Å². The van der Waals surface area contributed by atoms with Crippen LogP contribution in [-0.4, -0.2) is 34.5 Å². The molecule has 0 radical (unpaired) electrons. The second kappa shape index (κ2) is 25.7. The number of benzene rings is 15. The SMILES string of the molecule is CC1(C)c2ccccc2-c2cc(-c3cc(-c4ccccc4)nc(-c4cccc5c4nc(-c4ccccc4)c4ccc6oc7ccccc7c6c45)n3)ccc21.c1ccc(-c2cc(-c3ccc4c(c3)c3ccccc3n4-c3ccccc3)nc(-c3cccc4c3nc(-c3ccccc3)c3ccc5oc6ccccc6c5c34)n2)cc1. The van der Waals surface area contributed by atoms with Gasteiger partial charge in [0, 0.05) is 120 Å². The third-order valence-corrected chi connectivity index (χ3v) is 22.7. The smallest absolute Gasteiger partial charge is 0.162 e. The van der Waals surface area contributed by atoms with Crippen molar-refractivity contribution in [2.45, 2.75) is 19.3 Å². The average molecular weight is 1430 g/mol. The predicted octanol–water partition coefficient (Wildman–Crippen LogP) is 26.9. The first kappa shape index (κ1) is 64.4. The molecule has 524 valence electrons.